The number of carbonyl (C=O) groups is 1. The molecule has 0 fully saturated rings. The van der Waals surface area contributed by atoms with Crippen molar-refractivity contribution in [1.82, 2.24) is 0 Å². The standard InChI is InChI=1S/C5H9FO2/c1-4(3-6)5(7)8-2/h4H,3H2,1-2H3/t4-/m0/s1. The van der Waals surface area contributed by atoms with Gasteiger partial charge >= 0.3 is 5.97 Å². The third kappa shape index (κ3) is 1.91. The molecule has 0 aliphatic heterocycles. The Balaban J connectivity index is 3.46. The highest BCUT2D eigenvalue weighted by Crippen LogP contribution is 1.96. The number of hydrogen-bond donors (Lipinski definition) is 0. The van der Waals surface area contributed by atoms with Crippen LogP contribution in [0, 0.1) is 5.92 Å². The SMILES string of the molecule is COC(=O)[C@@H](C)CF. The summed E-state index contributed by atoms with van der Waals surface area (Å²) in [6.07, 6.45) is 0. The molecule has 0 amide bonds. The van der Waals surface area contributed by atoms with Gasteiger partial charge in [-0.1, -0.05) is 0 Å². The highest BCUT2D eigenvalue weighted by molar-refractivity contribution is 5.71. The highest BCUT2D eigenvalue weighted by atomic mass is 19.1. The molecule has 3 heteroatoms. The Labute approximate surface area is 47.6 Å². The van der Waals surface area contributed by atoms with Crippen molar-refractivity contribution in [3.63, 3.8) is 0 Å². The number of methoxy groups -OCH3 is 1. The molecule has 0 aliphatic carbocycles. The molecule has 0 saturated carbocycles. The van der Waals surface area contributed by atoms with Gasteiger partial charge in [0.15, 0.2) is 0 Å². The van der Waals surface area contributed by atoms with Gasteiger partial charge in [-0.3, -0.25) is 9.18 Å². The highest BCUT2D eigenvalue weighted by Gasteiger charge is 2.10. The first-order valence-corrected chi connectivity index (χ1v) is 2.36. The molecule has 0 heterocycles. The first-order valence-electron chi connectivity index (χ1n) is 2.36. The fourth-order valence-corrected chi connectivity index (χ4v) is 0.264. The lowest BCUT2D eigenvalue weighted by molar-refractivity contribution is -0.145. The molecular formula is C5H9FO2. The molecule has 1 atom stereocenters. The molecule has 8 heavy (non-hydrogen) atoms. The van der Waals surface area contributed by atoms with E-state index in [1.165, 1.54) is 14.0 Å². The fourth-order valence-electron chi connectivity index (χ4n) is 0.264. The van der Waals surface area contributed by atoms with Crippen molar-refractivity contribution in [3.05, 3.63) is 0 Å². The van der Waals surface area contributed by atoms with E-state index >= 15 is 0 Å². The van der Waals surface area contributed by atoms with E-state index in [1.807, 2.05) is 0 Å². The Hall–Kier alpha value is -0.600. The third-order valence-electron chi connectivity index (χ3n) is 0.835. The number of alkyl halides is 1. The van der Waals surface area contributed by atoms with E-state index in [0.29, 0.717) is 0 Å². The van der Waals surface area contributed by atoms with E-state index in [1.54, 1.807) is 0 Å². The number of hydrogen-bond acceptors (Lipinski definition) is 2. The number of esters is 1. The normalized spacial score (nSPS) is 12.9. The van der Waals surface area contributed by atoms with Crippen LogP contribution in [-0.4, -0.2) is 19.8 Å². The van der Waals surface area contributed by atoms with Crippen LogP contribution in [0.4, 0.5) is 4.39 Å². The lowest BCUT2D eigenvalue weighted by Crippen LogP contribution is -2.13. The third-order valence-corrected chi connectivity index (χ3v) is 0.835. The molecule has 0 aromatic carbocycles. The summed E-state index contributed by atoms with van der Waals surface area (Å²) in [5.74, 6) is -1.10. The Bertz CT molecular complexity index is 82.5. The number of carbonyl (C=O) groups excluding carboxylic acids is 1. The van der Waals surface area contributed by atoms with Gasteiger partial charge in [-0.15, -0.1) is 0 Å². The fraction of sp³-hybridized carbons (Fsp3) is 0.800. The van der Waals surface area contributed by atoms with Crippen molar-refractivity contribution in [2.45, 2.75) is 6.92 Å². The van der Waals surface area contributed by atoms with E-state index in [2.05, 4.69) is 4.74 Å². The van der Waals surface area contributed by atoms with Crippen molar-refractivity contribution in [3.8, 4) is 0 Å². The van der Waals surface area contributed by atoms with E-state index in [4.69, 9.17) is 0 Å². The molecule has 0 spiro atoms. The van der Waals surface area contributed by atoms with Gasteiger partial charge in [0.1, 0.15) is 6.67 Å². The van der Waals surface area contributed by atoms with Crippen LogP contribution in [0.25, 0.3) is 0 Å². The average Bonchev–Trinajstić information content (AvgIpc) is 1.84. The van der Waals surface area contributed by atoms with Crippen molar-refractivity contribution >= 4 is 5.97 Å². The van der Waals surface area contributed by atoms with Crippen LogP contribution >= 0.6 is 0 Å². The zero-order valence-corrected chi connectivity index (χ0v) is 4.98. The molecule has 0 N–H and O–H groups in total. The van der Waals surface area contributed by atoms with Crippen LogP contribution in [0.15, 0.2) is 0 Å². The number of rotatable bonds is 2. The predicted molar refractivity (Wildman–Crippen MR) is 27.2 cm³/mol. The smallest absolute Gasteiger partial charge is 0.311 e. The first-order chi connectivity index (χ1) is 3.72. The first kappa shape index (κ1) is 7.40. The van der Waals surface area contributed by atoms with Gasteiger partial charge in [-0.05, 0) is 6.92 Å². The number of ether oxygens (including phenoxy) is 1. The van der Waals surface area contributed by atoms with Crippen molar-refractivity contribution in [2.24, 2.45) is 5.92 Å². The quantitative estimate of drug-likeness (QED) is 0.503. The van der Waals surface area contributed by atoms with Gasteiger partial charge in [0.05, 0.1) is 13.0 Å². The minimum absolute atomic E-state index is 0.493. The molecule has 0 radical (unpaired) electrons. The van der Waals surface area contributed by atoms with Crippen LogP contribution in [0.5, 0.6) is 0 Å². The maximum atomic E-state index is 11.5. The van der Waals surface area contributed by atoms with Crippen LogP contribution < -0.4 is 0 Å². The second-order valence-electron chi connectivity index (χ2n) is 1.58. The zero-order valence-electron chi connectivity index (χ0n) is 4.98. The van der Waals surface area contributed by atoms with Crippen LogP contribution in [0.2, 0.25) is 0 Å². The van der Waals surface area contributed by atoms with Crippen molar-refractivity contribution in [2.75, 3.05) is 13.8 Å². The Morgan fingerprint density at radius 1 is 1.88 bits per heavy atom. The molecular weight excluding hydrogens is 111 g/mol. The van der Waals surface area contributed by atoms with Crippen molar-refractivity contribution < 1.29 is 13.9 Å². The molecule has 0 unspecified atom stereocenters. The summed E-state index contributed by atoms with van der Waals surface area (Å²) in [6.45, 7) is 0.832. The molecule has 0 saturated heterocycles. The second kappa shape index (κ2) is 3.41. The summed E-state index contributed by atoms with van der Waals surface area (Å²) >= 11 is 0. The molecule has 0 aromatic rings. The monoisotopic (exact) mass is 120 g/mol. The summed E-state index contributed by atoms with van der Waals surface area (Å²) in [5, 5.41) is 0. The maximum absolute atomic E-state index is 11.5. The van der Waals surface area contributed by atoms with Gasteiger partial charge in [-0.25, -0.2) is 0 Å². The average molecular weight is 120 g/mol. The van der Waals surface area contributed by atoms with Crippen LogP contribution in [0.1, 0.15) is 6.92 Å². The van der Waals surface area contributed by atoms with Crippen LogP contribution in [0.3, 0.4) is 0 Å². The molecule has 0 bridgehead atoms. The van der Waals surface area contributed by atoms with Crippen LogP contribution in [-0.2, 0) is 9.53 Å². The number of halogens is 1. The summed E-state index contributed by atoms with van der Waals surface area (Å²) in [6, 6.07) is 0. The van der Waals surface area contributed by atoms with Crippen molar-refractivity contribution in [1.29, 1.82) is 0 Å². The molecule has 48 valence electrons. The largest absolute Gasteiger partial charge is 0.469 e. The Kier molecular flexibility index (Phi) is 3.15. The van der Waals surface area contributed by atoms with Gasteiger partial charge in [0, 0.05) is 0 Å². The summed E-state index contributed by atoms with van der Waals surface area (Å²) in [5.41, 5.74) is 0. The molecule has 0 aromatic heterocycles. The Morgan fingerprint density at radius 2 is 2.38 bits per heavy atom. The van der Waals surface area contributed by atoms with Gasteiger partial charge in [0.2, 0.25) is 0 Å². The van der Waals surface area contributed by atoms with Gasteiger partial charge in [0.25, 0.3) is 0 Å². The van der Waals surface area contributed by atoms with Gasteiger partial charge in [-0.2, -0.15) is 0 Å². The molecule has 0 aliphatic rings. The summed E-state index contributed by atoms with van der Waals surface area (Å²) in [4.78, 5) is 10.3. The van der Waals surface area contributed by atoms with E-state index in [-0.39, 0.29) is 0 Å². The minimum atomic E-state index is -0.646. The lowest BCUT2D eigenvalue weighted by atomic mass is 10.2. The topological polar surface area (TPSA) is 26.3 Å². The van der Waals surface area contributed by atoms with Gasteiger partial charge < -0.3 is 4.74 Å². The zero-order chi connectivity index (χ0) is 6.57. The maximum Gasteiger partial charge on any atom is 0.311 e. The van der Waals surface area contributed by atoms with E-state index in [9.17, 15) is 9.18 Å². The Morgan fingerprint density at radius 3 is 2.50 bits per heavy atom. The minimum Gasteiger partial charge on any atom is -0.469 e. The lowest BCUT2D eigenvalue weighted by Gasteiger charge is -2.00. The second-order valence-corrected chi connectivity index (χ2v) is 1.58. The van der Waals surface area contributed by atoms with E-state index < -0.39 is 18.6 Å². The predicted octanol–water partition coefficient (Wildman–Crippen LogP) is 0.765. The molecule has 0 rings (SSSR count). The summed E-state index contributed by atoms with van der Waals surface area (Å²) < 4.78 is 15.7. The molecule has 2 nitrogen and oxygen atoms in total. The van der Waals surface area contributed by atoms with E-state index in [0.717, 1.165) is 0 Å². The summed E-state index contributed by atoms with van der Waals surface area (Å²) in [7, 11) is 1.24.